The molecule has 1 aromatic carbocycles. The molecule has 1 aliphatic rings. The molecule has 3 nitrogen and oxygen atoms in total. The van der Waals surface area contributed by atoms with Crippen LogP contribution in [0.1, 0.15) is 31.2 Å². The molecule has 0 aromatic heterocycles. The Hall–Kier alpha value is -1.51. The quantitative estimate of drug-likeness (QED) is 0.809. The summed E-state index contributed by atoms with van der Waals surface area (Å²) in [6.07, 6.45) is 4.88. The number of para-hydroxylation sites is 1. The maximum absolute atomic E-state index is 11.9. The van der Waals surface area contributed by atoms with E-state index in [0.29, 0.717) is 12.5 Å². The highest BCUT2D eigenvalue weighted by atomic mass is 16.2. The van der Waals surface area contributed by atoms with Gasteiger partial charge in [0.15, 0.2) is 0 Å². The van der Waals surface area contributed by atoms with Crippen molar-refractivity contribution in [1.82, 2.24) is 4.90 Å². The first-order valence-corrected chi connectivity index (χ1v) is 6.27. The third-order valence-corrected chi connectivity index (χ3v) is 3.68. The van der Waals surface area contributed by atoms with E-state index in [1.54, 1.807) is 0 Å². The summed E-state index contributed by atoms with van der Waals surface area (Å²) in [5.41, 5.74) is 7.71. The van der Waals surface area contributed by atoms with E-state index in [4.69, 9.17) is 5.73 Å². The summed E-state index contributed by atoms with van der Waals surface area (Å²) in [7, 11) is 1.92. The van der Waals surface area contributed by atoms with Gasteiger partial charge in [-0.15, -0.1) is 0 Å². The fourth-order valence-corrected chi connectivity index (χ4v) is 2.16. The van der Waals surface area contributed by atoms with Gasteiger partial charge in [-0.2, -0.15) is 0 Å². The SMILES string of the molecule is CN(C(=O)CCc1ccccc1N)C1CCC1. The minimum Gasteiger partial charge on any atom is -0.399 e. The standard InChI is InChI=1S/C14H20N2O/c1-16(12-6-4-7-12)14(17)10-9-11-5-2-3-8-13(11)15/h2-3,5,8,12H,4,6-7,9-10,15H2,1H3. The molecule has 1 aliphatic carbocycles. The molecule has 92 valence electrons. The molecule has 0 radical (unpaired) electrons. The molecule has 0 heterocycles. The van der Waals surface area contributed by atoms with Gasteiger partial charge in [-0.3, -0.25) is 4.79 Å². The molecular formula is C14H20N2O. The maximum Gasteiger partial charge on any atom is 0.222 e. The number of rotatable bonds is 4. The van der Waals surface area contributed by atoms with Crippen molar-refractivity contribution in [1.29, 1.82) is 0 Å². The van der Waals surface area contributed by atoms with E-state index >= 15 is 0 Å². The summed E-state index contributed by atoms with van der Waals surface area (Å²) < 4.78 is 0. The number of amides is 1. The lowest BCUT2D eigenvalue weighted by Crippen LogP contribution is -2.41. The smallest absolute Gasteiger partial charge is 0.222 e. The third-order valence-electron chi connectivity index (χ3n) is 3.68. The van der Waals surface area contributed by atoms with Gasteiger partial charge in [0.25, 0.3) is 0 Å². The molecule has 1 aromatic rings. The van der Waals surface area contributed by atoms with E-state index in [1.165, 1.54) is 6.42 Å². The van der Waals surface area contributed by atoms with Gasteiger partial charge in [-0.25, -0.2) is 0 Å². The van der Waals surface area contributed by atoms with Gasteiger partial charge in [0.1, 0.15) is 0 Å². The molecule has 0 spiro atoms. The second-order valence-electron chi connectivity index (χ2n) is 4.79. The molecule has 1 amide bonds. The van der Waals surface area contributed by atoms with Crippen molar-refractivity contribution >= 4 is 11.6 Å². The minimum atomic E-state index is 0.234. The van der Waals surface area contributed by atoms with Crippen LogP contribution in [0, 0.1) is 0 Å². The van der Waals surface area contributed by atoms with Crippen molar-refractivity contribution in [3.63, 3.8) is 0 Å². The number of hydrogen-bond acceptors (Lipinski definition) is 2. The predicted molar refractivity (Wildman–Crippen MR) is 69.6 cm³/mol. The van der Waals surface area contributed by atoms with Gasteiger partial charge in [0.05, 0.1) is 0 Å². The van der Waals surface area contributed by atoms with Gasteiger partial charge in [-0.05, 0) is 37.3 Å². The van der Waals surface area contributed by atoms with Crippen molar-refractivity contribution in [2.24, 2.45) is 0 Å². The Balaban J connectivity index is 1.85. The number of nitrogens with zero attached hydrogens (tertiary/aromatic N) is 1. The van der Waals surface area contributed by atoms with E-state index in [1.807, 2.05) is 36.2 Å². The Kier molecular flexibility index (Phi) is 3.67. The summed E-state index contributed by atoms with van der Waals surface area (Å²) in [6, 6.07) is 8.24. The molecule has 0 bridgehead atoms. The minimum absolute atomic E-state index is 0.234. The lowest BCUT2D eigenvalue weighted by molar-refractivity contribution is -0.133. The van der Waals surface area contributed by atoms with Crippen LogP contribution in [0.3, 0.4) is 0 Å². The molecule has 1 saturated carbocycles. The highest BCUT2D eigenvalue weighted by Gasteiger charge is 2.25. The summed E-state index contributed by atoms with van der Waals surface area (Å²) in [5.74, 6) is 0.234. The molecule has 2 rings (SSSR count). The van der Waals surface area contributed by atoms with Crippen molar-refractivity contribution in [2.75, 3.05) is 12.8 Å². The van der Waals surface area contributed by atoms with E-state index in [0.717, 1.165) is 30.5 Å². The predicted octanol–water partition coefficient (Wildman–Crippen LogP) is 2.21. The van der Waals surface area contributed by atoms with E-state index < -0.39 is 0 Å². The first kappa shape index (κ1) is 12.0. The van der Waals surface area contributed by atoms with Crippen molar-refractivity contribution in [3.8, 4) is 0 Å². The number of carbonyl (C=O) groups is 1. The highest BCUT2D eigenvalue weighted by Crippen LogP contribution is 2.24. The number of anilines is 1. The number of nitrogens with two attached hydrogens (primary N) is 1. The van der Waals surface area contributed by atoms with Gasteiger partial charge in [0.2, 0.25) is 5.91 Å². The Bertz CT molecular complexity index is 399. The van der Waals surface area contributed by atoms with Crippen LogP contribution >= 0.6 is 0 Å². The number of benzene rings is 1. The molecule has 17 heavy (non-hydrogen) atoms. The Morgan fingerprint density at radius 2 is 2.12 bits per heavy atom. The van der Waals surface area contributed by atoms with E-state index in [9.17, 15) is 4.79 Å². The largest absolute Gasteiger partial charge is 0.399 e. The Morgan fingerprint density at radius 3 is 2.71 bits per heavy atom. The van der Waals surface area contributed by atoms with Crippen LogP contribution < -0.4 is 5.73 Å². The van der Waals surface area contributed by atoms with Crippen LogP contribution in [0.15, 0.2) is 24.3 Å². The van der Waals surface area contributed by atoms with Gasteiger partial charge >= 0.3 is 0 Å². The molecule has 0 atom stereocenters. The average molecular weight is 232 g/mol. The van der Waals surface area contributed by atoms with Crippen molar-refractivity contribution in [2.45, 2.75) is 38.1 Å². The van der Waals surface area contributed by atoms with Crippen LogP contribution in [-0.2, 0) is 11.2 Å². The average Bonchev–Trinajstić information content (AvgIpc) is 2.25. The Morgan fingerprint density at radius 1 is 1.41 bits per heavy atom. The highest BCUT2D eigenvalue weighted by molar-refractivity contribution is 5.76. The van der Waals surface area contributed by atoms with Crippen LogP contribution in [0.2, 0.25) is 0 Å². The molecular weight excluding hydrogens is 212 g/mol. The molecule has 2 N–H and O–H groups in total. The fraction of sp³-hybridized carbons (Fsp3) is 0.500. The molecule has 0 unspecified atom stereocenters. The lowest BCUT2D eigenvalue weighted by Gasteiger charge is -2.34. The van der Waals surface area contributed by atoms with E-state index in [2.05, 4.69) is 0 Å². The monoisotopic (exact) mass is 232 g/mol. The number of hydrogen-bond donors (Lipinski definition) is 1. The Labute approximate surface area is 103 Å². The normalized spacial score (nSPS) is 15.4. The van der Waals surface area contributed by atoms with Crippen molar-refractivity contribution in [3.05, 3.63) is 29.8 Å². The molecule has 3 heteroatoms. The number of carbonyl (C=O) groups excluding carboxylic acids is 1. The van der Waals surface area contributed by atoms with Crippen LogP contribution in [0.4, 0.5) is 5.69 Å². The first-order valence-electron chi connectivity index (χ1n) is 6.27. The topological polar surface area (TPSA) is 46.3 Å². The third kappa shape index (κ3) is 2.78. The maximum atomic E-state index is 11.9. The number of nitrogen functional groups attached to an aromatic ring is 1. The zero-order chi connectivity index (χ0) is 12.3. The van der Waals surface area contributed by atoms with Crippen molar-refractivity contribution < 1.29 is 4.79 Å². The molecule has 0 aliphatic heterocycles. The zero-order valence-electron chi connectivity index (χ0n) is 10.4. The summed E-state index contributed by atoms with van der Waals surface area (Å²) in [4.78, 5) is 13.9. The molecule has 1 fully saturated rings. The van der Waals surface area contributed by atoms with E-state index in [-0.39, 0.29) is 5.91 Å². The second kappa shape index (κ2) is 5.21. The van der Waals surface area contributed by atoms with Gasteiger partial charge in [0, 0.05) is 25.2 Å². The first-order chi connectivity index (χ1) is 8.18. The van der Waals surface area contributed by atoms with Crippen LogP contribution in [0.5, 0.6) is 0 Å². The lowest BCUT2D eigenvalue weighted by atomic mass is 9.91. The van der Waals surface area contributed by atoms with Crippen LogP contribution in [0.25, 0.3) is 0 Å². The summed E-state index contributed by atoms with van der Waals surface area (Å²) in [5, 5.41) is 0. The number of aryl methyl sites for hydroxylation is 1. The molecule has 0 saturated heterocycles. The fourth-order valence-electron chi connectivity index (χ4n) is 2.16. The zero-order valence-corrected chi connectivity index (χ0v) is 10.4. The van der Waals surface area contributed by atoms with Gasteiger partial charge in [-0.1, -0.05) is 18.2 Å². The van der Waals surface area contributed by atoms with Crippen LogP contribution in [-0.4, -0.2) is 23.9 Å². The second-order valence-corrected chi connectivity index (χ2v) is 4.79. The summed E-state index contributed by atoms with van der Waals surface area (Å²) >= 11 is 0. The summed E-state index contributed by atoms with van der Waals surface area (Å²) in [6.45, 7) is 0. The van der Waals surface area contributed by atoms with Gasteiger partial charge < -0.3 is 10.6 Å².